The van der Waals surface area contributed by atoms with Crippen LogP contribution in [-0.2, 0) is 0 Å². The number of benzene rings is 1. The van der Waals surface area contributed by atoms with Crippen LogP contribution < -0.4 is 5.73 Å². The van der Waals surface area contributed by atoms with E-state index < -0.39 is 18.6 Å². The monoisotopic (exact) mass is 381 g/mol. The molecule has 0 amide bonds. The van der Waals surface area contributed by atoms with E-state index >= 15 is 0 Å². The average Bonchev–Trinajstić information content (AvgIpc) is 2.06. The van der Waals surface area contributed by atoms with E-state index in [4.69, 9.17) is 5.73 Å². The fourth-order valence-electron chi connectivity index (χ4n) is 1.11. The maximum absolute atomic E-state index is 12.1. The lowest BCUT2D eigenvalue weighted by Crippen LogP contribution is -2.20. The van der Waals surface area contributed by atoms with E-state index in [1.54, 1.807) is 18.2 Å². The van der Waals surface area contributed by atoms with Crippen molar-refractivity contribution in [3.63, 3.8) is 0 Å². The zero-order chi connectivity index (χ0) is 11.6. The van der Waals surface area contributed by atoms with Gasteiger partial charge in [0, 0.05) is 15.0 Å². The lowest BCUT2D eigenvalue weighted by Gasteiger charge is -2.14. The Morgan fingerprint density at radius 2 is 1.75 bits per heavy atom. The molecular weight excluding hydrogens is 374 g/mol. The summed E-state index contributed by atoms with van der Waals surface area (Å²) >= 11 is 6.44. The molecule has 0 saturated carbocycles. The second-order valence-corrected chi connectivity index (χ2v) is 4.81. The van der Waals surface area contributed by atoms with Gasteiger partial charge in [0.25, 0.3) is 0 Å². The highest BCUT2D eigenvalue weighted by Gasteiger charge is 2.30. The molecule has 1 aromatic rings. The minimum absolute atomic E-state index is 0. The maximum Gasteiger partial charge on any atom is 0.390 e. The first kappa shape index (κ1) is 16.2. The first-order chi connectivity index (χ1) is 6.79. The fraction of sp³-hybridized carbons (Fsp3) is 0.333. The van der Waals surface area contributed by atoms with E-state index in [0.717, 1.165) is 4.47 Å². The summed E-state index contributed by atoms with van der Waals surface area (Å²) in [5.41, 5.74) is 5.90. The first-order valence-electron chi connectivity index (χ1n) is 4.07. The van der Waals surface area contributed by atoms with Gasteiger partial charge in [-0.25, -0.2) is 0 Å². The summed E-state index contributed by atoms with van der Waals surface area (Å²) in [4.78, 5) is 0. The first-order valence-corrected chi connectivity index (χ1v) is 5.65. The second kappa shape index (κ2) is 6.23. The molecule has 0 radical (unpaired) electrons. The molecule has 0 spiro atoms. The van der Waals surface area contributed by atoms with Gasteiger partial charge in [-0.15, -0.1) is 12.4 Å². The predicted molar refractivity (Wildman–Crippen MR) is 66.7 cm³/mol. The topological polar surface area (TPSA) is 26.0 Å². The Bertz CT molecular complexity index is 357. The Labute approximate surface area is 114 Å². The summed E-state index contributed by atoms with van der Waals surface area (Å²) in [6.45, 7) is 0. The van der Waals surface area contributed by atoms with Crippen LogP contribution >= 0.6 is 44.3 Å². The number of hydrogen-bond donors (Lipinski definition) is 1. The normalized spacial score (nSPS) is 13.1. The Balaban J connectivity index is 0.00000225. The fourth-order valence-corrected chi connectivity index (χ4v) is 1.75. The summed E-state index contributed by atoms with van der Waals surface area (Å²) in [6, 6.07) is 3.80. The van der Waals surface area contributed by atoms with Crippen molar-refractivity contribution in [1.82, 2.24) is 0 Å². The van der Waals surface area contributed by atoms with Crippen molar-refractivity contribution in [2.24, 2.45) is 5.73 Å². The second-order valence-electron chi connectivity index (χ2n) is 3.10. The molecule has 2 N–H and O–H groups in total. The molecular formula is C9H9Br2ClF3N. The van der Waals surface area contributed by atoms with Crippen molar-refractivity contribution in [3.05, 3.63) is 32.7 Å². The molecule has 0 heterocycles. The van der Waals surface area contributed by atoms with Crippen LogP contribution in [-0.4, -0.2) is 6.18 Å². The van der Waals surface area contributed by atoms with Crippen LogP contribution in [0.3, 0.4) is 0 Å². The van der Waals surface area contributed by atoms with Crippen LogP contribution in [0.5, 0.6) is 0 Å². The average molecular weight is 383 g/mol. The van der Waals surface area contributed by atoms with Crippen molar-refractivity contribution in [1.29, 1.82) is 0 Å². The SMILES string of the molecule is Cl.N[C@@H](CC(F)(F)F)c1ccc(Br)c(Br)c1. The van der Waals surface area contributed by atoms with Crippen LogP contribution in [0, 0.1) is 0 Å². The van der Waals surface area contributed by atoms with Gasteiger partial charge in [-0.3, -0.25) is 0 Å². The highest BCUT2D eigenvalue weighted by Crippen LogP contribution is 2.31. The highest BCUT2D eigenvalue weighted by atomic mass is 79.9. The summed E-state index contributed by atoms with van der Waals surface area (Å²) in [6.07, 6.45) is -5.25. The molecule has 1 atom stereocenters. The van der Waals surface area contributed by atoms with Crippen molar-refractivity contribution in [2.75, 3.05) is 0 Å². The molecule has 0 aliphatic rings. The van der Waals surface area contributed by atoms with E-state index in [-0.39, 0.29) is 12.4 Å². The van der Waals surface area contributed by atoms with Crippen LogP contribution in [0.15, 0.2) is 27.1 Å². The van der Waals surface area contributed by atoms with Gasteiger partial charge in [0.2, 0.25) is 0 Å². The lowest BCUT2D eigenvalue weighted by atomic mass is 10.1. The van der Waals surface area contributed by atoms with Gasteiger partial charge in [0.1, 0.15) is 0 Å². The molecule has 1 nitrogen and oxygen atoms in total. The molecule has 1 aromatic carbocycles. The summed E-state index contributed by atoms with van der Waals surface area (Å²) in [5.74, 6) is 0. The quantitative estimate of drug-likeness (QED) is 0.795. The third-order valence-corrected chi connectivity index (χ3v) is 3.70. The summed E-state index contributed by atoms with van der Waals surface area (Å²) in [7, 11) is 0. The smallest absolute Gasteiger partial charge is 0.324 e. The zero-order valence-electron chi connectivity index (χ0n) is 7.89. The van der Waals surface area contributed by atoms with Crippen LogP contribution in [0.25, 0.3) is 0 Å². The standard InChI is InChI=1S/C9H8Br2F3N.ClH/c10-6-2-1-5(3-7(6)11)8(15)4-9(12,13)14;/h1-3,8H,4,15H2;1H/t8-;/m0./s1. The lowest BCUT2D eigenvalue weighted by molar-refractivity contribution is -0.138. The molecule has 0 aromatic heterocycles. The minimum Gasteiger partial charge on any atom is -0.324 e. The van der Waals surface area contributed by atoms with Crippen LogP contribution in [0.1, 0.15) is 18.0 Å². The van der Waals surface area contributed by atoms with E-state index in [2.05, 4.69) is 31.9 Å². The van der Waals surface area contributed by atoms with E-state index in [0.29, 0.717) is 10.0 Å². The largest absolute Gasteiger partial charge is 0.390 e. The molecule has 92 valence electrons. The molecule has 0 fully saturated rings. The van der Waals surface area contributed by atoms with Crippen LogP contribution in [0.2, 0.25) is 0 Å². The Morgan fingerprint density at radius 3 is 2.19 bits per heavy atom. The van der Waals surface area contributed by atoms with Gasteiger partial charge in [0.15, 0.2) is 0 Å². The zero-order valence-corrected chi connectivity index (χ0v) is 11.9. The van der Waals surface area contributed by atoms with Crippen molar-refractivity contribution >= 4 is 44.3 Å². The van der Waals surface area contributed by atoms with Gasteiger partial charge >= 0.3 is 6.18 Å². The van der Waals surface area contributed by atoms with Crippen molar-refractivity contribution in [3.8, 4) is 0 Å². The van der Waals surface area contributed by atoms with Crippen molar-refractivity contribution in [2.45, 2.75) is 18.6 Å². The van der Waals surface area contributed by atoms with Gasteiger partial charge in [0.05, 0.1) is 6.42 Å². The molecule has 0 aliphatic heterocycles. The van der Waals surface area contributed by atoms with Gasteiger partial charge in [-0.1, -0.05) is 6.07 Å². The molecule has 16 heavy (non-hydrogen) atoms. The molecule has 7 heteroatoms. The van der Waals surface area contributed by atoms with E-state index in [1.165, 1.54) is 0 Å². The Hall–Kier alpha value is 0.220. The number of hydrogen-bond acceptors (Lipinski definition) is 1. The molecule has 1 rings (SSSR count). The number of rotatable bonds is 2. The number of alkyl halides is 3. The molecule has 0 bridgehead atoms. The highest BCUT2D eigenvalue weighted by molar-refractivity contribution is 9.13. The Morgan fingerprint density at radius 1 is 1.19 bits per heavy atom. The third-order valence-electron chi connectivity index (χ3n) is 1.82. The van der Waals surface area contributed by atoms with E-state index in [9.17, 15) is 13.2 Å². The summed E-state index contributed by atoms with van der Waals surface area (Å²) < 4.78 is 37.7. The summed E-state index contributed by atoms with van der Waals surface area (Å²) in [5, 5.41) is 0. The third kappa shape index (κ3) is 5.03. The maximum atomic E-state index is 12.1. The Kier molecular flexibility index (Phi) is 6.32. The van der Waals surface area contributed by atoms with Crippen LogP contribution in [0.4, 0.5) is 13.2 Å². The molecule has 0 unspecified atom stereocenters. The molecule has 0 aliphatic carbocycles. The predicted octanol–water partition coefficient (Wildman–Crippen LogP) is 4.59. The number of halogens is 6. The van der Waals surface area contributed by atoms with Gasteiger partial charge < -0.3 is 5.73 Å². The van der Waals surface area contributed by atoms with Crippen molar-refractivity contribution < 1.29 is 13.2 Å². The van der Waals surface area contributed by atoms with E-state index in [1.807, 2.05) is 0 Å². The minimum atomic E-state index is -4.24. The van der Waals surface area contributed by atoms with Gasteiger partial charge in [-0.05, 0) is 49.6 Å². The number of nitrogens with two attached hydrogens (primary N) is 1. The molecule has 0 saturated heterocycles. The van der Waals surface area contributed by atoms with Gasteiger partial charge in [-0.2, -0.15) is 13.2 Å².